The number of halogens is 1. The third kappa shape index (κ3) is 2.89. The Kier molecular flexibility index (Phi) is 3.69. The topological polar surface area (TPSA) is 29.1 Å². The van der Waals surface area contributed by atoms with Crippen LogP contribution in [0.5, 0.6) is 0 Å². The first-order valence-corrected chi connectivity index (χ1v) is 6.55. The Morgan fingerprint density at radius 1 is 1.39 bits per heavy atom. The van der Waals surface area contributed by atoms with E-state index in [-0.39, 0.29) is 17.1 Å². The molecule has 0 unspecified atom stereocenters. The van der Waals surface area contributed by atoms with Gasteiger partial charge in [-0.1, -0.05) is 32.0 Å². The van der Waals surface area contributed by atoms with Crippen LogP contribution in [0.25, 0.3) is 0 Å². The molecule has 1 aromatic rings. The van der Waals surface area contributed by atoms with Gasteiger partial charge in [0.05, 0.1) is 0 Å². The van der Waals surface area contributed by atoms with Crippen molar-refractivity contribution < 1.29 is 9.18 Å². The average molecular weight is 249 g/mol. The second kappa shape index (κ2) is 5.09. The molecule has 18 heavy (non-hydrogen) atoms. The van der Waals surface area contributed by atoms with Gasteiger partial charge in [0.25, 0.3) is 0 Å². The minimum atomic E-state index is -0.159. The first-order chi connectivity index (χ1) is 8.53. The van der Waals surface area contributed by atoms with E-state index in [1.807, 2.05) is 26.0 Å². The molecule has 1 amide bonds. The molecule has 0 aliphatic heterocycles. The van der Waals surface area contributed by atoms with E-state index in [4.69, 9.17) is 0 Å². The molecular formula is C15H20FNO. The van der Waals surface area contributed by atoms with Gasteiger partial charge in [-0.3, -0.25) is 4.79 Å². The minimum Gasteiger partial charge on any atom is -0.355 e. The number of benzene rings is 1. The van der Waals surface area contributed by atoms with E-state index in [1.165, 1.54) is 6.07 Å². The lowest BCUT2D eigenvalue weighted by atomic mass is 9.95. The Morgan fingerprint density at radius 3 is 2.61 bits per heavy atom. The molecule has 1 aromatic carbocycles. The summed E-state index contributed by atoms with van der Waals surface area (Å²) in [5.41, 5.74) is 0.590. The van der Waals surface area contributed by atoms with Crippen LogP contribution < -0.4 is 5.32 Å². The number of rotatable bonds is 5. The van der Waals surface area contributed by atoms with Gasteiger partial charge in [-0.2, -0.15) is 0 Å². The summed E-state index contributed by atoms with van der Waals surface area (Å²) in [4.78, 5) is 11.6. The SMILES string of the molecule is CC(C)CC(=O)NCC1(c2ccccc2F)CC1. The van der Waals surface area contributed by atoms with Crippen LogP contribution in [0, 0.1) is 11.7 Å². The summed E-state index contributed by atoms with van der Waals surface area (Å²) in [5.74, 6) is 0.259. The molecule has 1 aliphatic rings. The van der Waals surface area contributed by atoms with Gasteiger partial charge in [-0.25, -0.2) is 4.39 Å². The van der Waals surface area contributed by atoms with E-state index in [1.54, 1.807) is 6.07 Å². The van der Waals surface area contributed by atoms with Gasteiger partial charge in [0, 0.05) is 18.4 Å². The van der Waals surface area contributed by atoms with Crippen molar-refractivity contribution in [2.24, 2.45) is 5.92 Å². The molecule has 0 spiro atoms. The van der Waals surface area contributed by atoms with Gasteiger partial charge < -0.3 is 5.32 Å². The van der Waals surface area contributed by atoms with Crippen LogP contribution in [0.3, 0.4) is 0 Å². The summed E-state index contributed by atoms with van der Waals surface area (Å²) in [5, 5.41) is 2.94. The molecule has 0 radical (unpaired) electrons. The van der Waals surface area contributed by atoms with Crippen LogP contribution in [0.2, 0.25) is 0 Å². The zero-order valence-electron chi connectivity index (χ0n) is 11.0. The summed E-state index contributed by atoms with van der Waals surface area (Å²) >= 11 is 0. The van der Waals surface area contributed by atoms with Crippen LogP contribution in [0.1, 0.15) is 38.7 Å². The van der Waals surface area contributed by atoms with Gasteiger partial charge in [-0.15, -0.1) is 0 Å². The van der Waals surface area contributed by atoms with Gasteiger partial charge in [0.1, 0.15) is 5.82 Å². The maximum Gasteiger partial charge on any atom is 0.220 e. The molecule has 1 saturated carbocycles. The van der Waals surface area contributed by atoms with Crippen LogP contribution in [-0.4, -0.2) is 12.5 Å². The summed E-state index contributed by atoms with van der Waals surface area (Å²) in [6.45, 7) is 4.59. The van der Waals surface area contributed by atoms with Crippen molar-refractivity contribution in [1.29, 1.82) is 0 Å². The van der Waals surface area contributed by atoms with Crippen molar-refractivity contribution in [2.45, 2.75) is 38.5 Å². The maximum atomic E-state index is 13.7. The second-order valence-electron chi connectivity index (χ2n) is 5.63. The molecule has 0 bridgehead atoms. The molecule has 1 aliphatic carbocycles. The lowest BCUT2D eigenvalue weighted by Gasteiger charge is -2.17. The molecule has 0 heterocycles. The van der Waals surface area contributed by atoms with Gasteiger partial charge in [0.2, 0.25) is 5.91 Å². The van der Waals surface area contributed by atoms with Crippen molar-refractivity contribution in [1.82, 2.24) is 5.32 Å². The van der Waals surface area contributed by atoms with Crippen molar-refractivity contribution >= 4 is 5.91 Å². The highest BCUT2D eigenvalue weighted by molar-refractivity contribution is 5.76. The fourth-order valence-corrected chi connectivity index (χ4v) is 2.29. The van der Waals surface area contributed by atoms with E-state index in [0.717, 1.165) is 18.4 Å². The zero-order chi connectivity index (χ0) is 13.2. The largest absolute Gasteiger partial charge is 0.355 e. The normalized spacial score (nSPS) is 16.7. The van der Waals surface area contributed by atoms with E-state index >= 15 is 0 Å². The summed E-state index contributed by atoms with van der Waals surface area (Å²) in [6.07, 6.45) is 2.44. The number of nitrogens with one attached hydrogen (secondary N) is 1. The molecule has 1 fully saturated rings. The monoisotopic (exact) mass is 249 g/mol. The number of hydrogen-bond acceptors (Lipinski definition) is 1. The standard InChI is InChI=1S/C15H20FNO/c1-11(2)9-14(18)17-10-15(7-8-15)12-5-3-4-6-13(12)16/h3-6,11H,7-10H2,1-2H3,(H,17,18). The van der Waals surface area contributed by atoms with E-state index < -0.39 is 0 Å². The Hall–Kier alpha value is -1.38. The number of carbonyl (C=O) groups is 1. The molecule has 2 rings (SSSR count). The lowest BCUT2D eigenvalue weighted by molar-refractivity contribution is -0.121. The second-order valence-corrected chi connectivity index (χ2v) is 5.63. The highest BCUT2D eigenvalue weighted by Crippen LogP contribution is 2.48. The van der Waals surface area contributed by atoms with Crippen molar-refractivity contribution in [3.8, 4) is 0 Å². The Balaban J connectivity index is 1.97. The van der Waals surface area contributed by atoms with Crippen LogP contribution in [-0.2, 0) is 10.2 Å². The van der Waals surface area contributed by atoms with E-state index in [0.29, 0.717) is 18.9 Å². The molecular weight excluding hydrogens is 229 g/mol. The Bertz CT molecular complexity index is 438. The highest BCUT2D eigenvalue weighted by Gasteiger charge is 2.45. The van der Waals surface area contributed by atoms with Crippen LogP contribution >= 0.6 is 0 Å². The Morgan fingerprint density at radius 2 is 2.06 bits per heavy atom. The van der Waals surface area contributed by atoms with Crippen molar-refractivity contribution in [3.63, 3.8) is 0 Å². The third-order valence-electron chi connectivity index (χ3n) is 3.52. The predicted octanol–water partition coefficient (Wildman–Crippen LogP) is 3.02. The van der Waals surface area contributed by atoms with Crippen molar-refractivity contribution in [2.75, 3.05) is 6.54 Å². The predicted molar refractivity (Wildman–Crippen MR) is 69.8 cm³/mol. The maximum absolute atomic E-state index is 13.7. The van der Waals surface area contributed by atoms with Gasteiger partial charge in [0.15, 0.2) is 0 Å². The molecule has 3 heteroatoms. The van der Waals surface area contributed by atoms with Gasteiger partial charge in [-0.05, 0) is 30.4 Å². The van der Waals surface area contributed by atoms with Crippen molar-refractivity contribution in [3.05, 3.63) is 35.6 Å². The van der Waals surface area contributed by atoms with E-state index in [2.05, 4.69) is 5.32 Å². The molecule has 0 aromatic heterocycles. The number of carbonyl (C=O) groups excluding carboxylic acids is 1. The highest BCUT2D eigenvalue weighted by atomic mass is 19.1. The quantitative estimate of drug-likeness (QED) is 0.854. The van der Waals surface area contributed by atoms with E-state index in [9.17, 15) is 9.18 Å². The third-order valence-corrected chi connectivity index (χ3v) is 3.52. The first-order valence-electron chi connectivity index (χ1n) is 6.55. The smallest absolute Gasteiger partial charge is 0.220 e. The summed E-state index contributed by atoms with van der Waals surface area (Å²) in [6, 6.07) is 6.88. The molecule has 2 nitrogen and oxygen atoms in total. The minimum absolute atomic E-state index is 0.0626. The molecule has 0 atom stereocenters. The Labute approximate surface area is 108 Å². The lowest BCUT2D eigenvalue weighted by Crippen LogP contribution is -2.33. The first kappa shape index (κ1) is 13.1. The molecule has 98 valence electrons. The number of hydrogen-bond donors (Lipinski definition) is 1. The number of amides is 1. The fourth-order valence-electron chi connectivity index (χ4n) is 2.29. The zero-order valence-corrected chi connectivity index (χ0v) is 11.0. The van der Waals surface area contributed by atoms with Crippen LogP contribution in [0.15, 0.2) is 24.3 Å². The summed E-state index contributed by atoms with van der Waals surface area (Å²) < 4.78 is 13.7. The van der Waals surface area contributed by atoms with Gasteiger partial charge >= 0.3 is 0 Å². The molecule has 1 N–H and O–H groups in total. The molecule has 0 saturated heterocycles. The average Bonchev–Trinajstić information content (AvgIpc) is 3.07. The van der Waals surface area contributed by atoms with Crippen LogP contribution in [0.4, 0.5) is 4.39 Å². The summed E-state index contributed by atoms with van der Waals surface area (Å²) in [7, 11) is 0. The fraction of sp³-hybridized carbons (Fsp3) is 0.533.